The normalized spacial score (nSPS) is 11.1. The lowest BCUT2D eigenvalue weighted by atomic mass is 10.1. The van der Waals surface area contributed by atoms with E-state index >= 15 is 0 Å². The second-order valence-electron chi connectivity index (χ2n) is 6.15. The van der Waals surface area contributed by atoms with Crippen molar-refractivity contribution in [2.24, 2.45) is 0 Å². The number of hydrogen-bond donors (Lipinski definition) is 1. The Morgan fingerprint density at radius 2 is 2.13 bits per heavy atom. The Labute approximate surface area is 180 Å². The van der Waals surface area contributed by atoms with Gasteiger partial charge in [-0.25, -0.2) is 4.98 Å². The Balaban J connectivity index is 2.02. The van der Waals surface area contributed by atoms with Gasteiger partial charge in [-0.05, 0) is 31.4 Å². The summed E-state index contributed by atoms with van der Waals surface area (Å²) in [5.74, 6) is -1.02. The van der Waals surface area contributed by atoms with Crippen molar-refractivity contribution in [2.75, 3.05) is 18.8 Å². The number of alkyl halides is 3. The largest absolute Gasteiger partial charge is 0.417 e. The van der Waals surface area contributed by atoms with Gasteiger partial charge >= 0.3 is 6.18 Å². The van der Waals surface area contributed by atoms with Crippen molar-refractivity contribution in [1.82, 2.24) is 15.2 Å². The van der Waals surface area contributed by atoms with Gasteiger partial charge in [0.25, 0.3) is 0 Å². The number of nitrogens with one attached hydrogen (secondary N) is 1. The number of nitrogens with zero attached hydrogens (tertiary/aromatic N) is 3. The molecule has 0 saturated carbocycles. The third kappa shape index (κ3) is 6.47. The number of carbonyl (C=O) groups excluding carboxylic acids is 2. The third-order valence-corrected chi connectivity index (χ3v) is 5.81. The molecule has 30 heavy (non-hydrogen) atoms. The Morgan fingerprint density at radius 1 is 1.40 bits per heavy atom. The Hall–Kier alpha value is -2.58. The summed E-state index contributed by atoms with van der Waals surface area (Å²) in [5, 5.41) is 13.6. The number of carbonyl (C=O) groups is 2. The van der Waals surface area contributed by atoms with Crippen LogP contribution in [0.25, 0.3) is 0 Å². The number of likely N-dealkylation sites (N-methyl/N-ethyl adjacent to an activating group) is 1. The SMILES string of the molecule is CCN(CC(=O)NCc1cccs1)C(=O)CSc1nc(C)cc(C(F)(F)F)c1C#N. The summed E-state index contributed by atoms with van der Waals surface area (Å²) in [6.07, 6.45) is -4.70. The van der Waals surface area contributed by atoms with Crippen molar-refractivity contribution in [3.8, 4) is 6.07 Å². The van der Waals surface area contributed by atoms with E-state index in [2.05, 4.69) is 10.3 Å². The molecule has 0 radical (unpaired) electrons. The van der Waals surface area contributed by atoms with Crippen LogP contribution in [0.4, 0.5) is 13.2 Å². The number of pyridine rings is 1. The number of rotatable bonds is 8. The van der Waals surface area contributed by atoms with Crippen molar-refractivity contribution in [1.29, 1.82) is 5.26 Å². The molecule has 2 rings (SSSR count). The predicted octanol–water partition coefficient (Wildman–Crippen LogP) is 3.60. The number of nitriles is 1. The smallest absolute Gasteiger partial charge is 0.350 e. The Morgan fingerprint density at radius 3 is 2.70 bits per heavy atom. The fourth-order valence-corrected chi connectivity index (χ4v) is 4.10. The molecule has 2 aromatic rings. The number of hydrogen-bond acceptors (Lipinski definition) is 6. The topological polar surface area (TPSA) is 86.1 Å². The molecule has 6 nitrogen and oxygen atoms in total. The van der Waals surface area contributed by atoms with Gasteiger partial charge in [-0.3, -0.25) is 9.59 Å². The highest BCUT2D eigenvalue weighted by Gasteiger charge is 2.35. The zero-order chi connectivity index (χ0) is 22.3. The second kappa shape index (κ2) is 10.4. The van der Waals surface area contributed by atoms with Crippen LogP contribution in [0.1, 0.15) is 28.6 Å². The first-order valence-corrected chi connectivity index (χ1v) is 10.7. The van der Waals surface area contributed by atoms with Gasteiger partial charge in [-0.2, -0.15) is 18.4 Å². The summed E-state index contributed by atoms with van der Waals surface area (Å²) in [4.78, 5) is 30.8. The van der Waals surface area contributed by atoms with E-state index in [4.69, 9.17) is 0 Å². The molecule has 1 N–H and O–H groups in total. The van der Waals surface area contributed by atoms with Gasteiger partial charge in [0.15, 0.2) is 0 Å². The molecule has 0 aliphatic rings. The van der Waals surface area contributed by atoms with Crippen molar-refractivity contribution < 1.29 is 22.8 Å². The van der Waals surface area contributed by atoms with Crippen LogP contribution < -0.4 is 5.32 Å². The molecule has 0 aliphatic carbocycles. The van der Waals surface area contributed by atoms with Crippen molar-refractivity contribution >= 4 is 34.9 Å². The molecule has 0 fully saturated rings. The fourth-order valence-electron chi connectivity index (χ4n) is 2.51. The molecule has 0 aromatic carbocycles. The quantitative estimate of drug-likeness (QED) is 0.614. The number of halogens is 3. The van der Waals surface area contributed by atoms with E-state index in [1.54, 1.807) is 6.92 Å². The molecule has 11 heteroatoms. The summed E-state index contributed by atoms with van der Waals surface area (Å²) in [6, 6.07) is 6.08. The van der Waals surface area contributed by atoms with Crippen LogP contribution in [0, 0.1) is 18.3 Å². The van der Waals surface area contributed by atoms with Crippen LogP contribution in [0.5, 0.6) is 0 Å². The molecule has 0 bridgehead atoms. The lowest BCUT2D eigenvalue weighted by molar-refractivity contribution is -0.138. The zero-order valence-corrected chi connectivity index (χ0v) is 17.9. The van der Waals surface area contributed by atoms with E-state index in [0.717, 1.165) is 22.7 Å². The first-order valence-electron chi connectivity index (χ1n) is 8.84. The molecular weight excluding hydrogens is 437 g/mol. The van der Waals surface area contributed by atoms with Crippen LogP contribution in [0.3, 0.4) is 0 Å². The molecule has 160 valence electrons. The summed E-state index contributed by atoms with van der Waals surface area (Å²) in [5.41, 5.74) is -1.59. The van der Waals surface area contributed by atoms with Crippen LogP contribution in [-0.2, 0) is 22.3 Å². The van der Waals surface area contributed by atoms with Crippen LogP contribution >= 0.6 is 23.1 Å². The maximum Gasteiger partial charge on any atom is 0.417 e. The van der Waals surface area contributed by atoms with Gasteiger partial charge in [0.05, 0.1) is 30.0 Å². The highest BCUT2D eigenvalue weighted by Crippen LogP contribution is 2.35. The molecule has 0 atom stereocenters. The summed E-state index contributed by atoms with van der Waals surface area (Å²) < 4.78 is 39.6. The zero-order valence-electron chi connectivity index (χ0n) is 16.2. The van der Waals surface area contributed by atoms with E-state index < -0.39 is 23.2 Å². The standard InChI is InChI=1S/C19H19F3N4O2S2/c1-3-26(10-16(27)24-9-13-5-4-6-29-13)17(28)11-30-18-14(8-23)15(19(20,21)22)7-12(2)25-18/h4-7H,3,9-11H2,1-2H3,(H,24,27). The molecule has 2 amide bonds. The summed E-state index contributed by atoms with van der Waals surface area (Å²) in [7, 11) is 0. The van der Waals surface area contributed by atoms with Crippen LogP contribution in [-0.4, -0.2) is 40.5 Å². The minimum Gasteiger partial charge on any atom is -0.350 e. The van der Waals surface area contributed by atoms with Crippen LogP contribution in [0.15, 0.2) is 28.6 Å². The first-order chi connectivity index (χ1) is 14.2. The lowest BCUT2D eigenvalue weighted by Gasteiger charge is -2.20. The Bertz CT molecular complexity index is 940. The number of thiophene rings is 1. The van der Waals surface area contributed by atoms with Gasteiger partial charge in [-0.15, -0.1) is 11.3 Å². The van der Waals surface area contributed by atoms with Crippen molar-refractivity contribution in [3.05, 3.63) is 45.3 Å². The van der Waals surface area contributed by atoms with Gasteiger partial charge < -0.3 is 10.2 Å². The third-order valence-electron chi connectivity index (χ3n) is 3.97. The second-order valence-corrected chi connectivity index (χ2v) is 8.15. The van der Waals surface area contributed by atoms with Crippen molar-refractivity contribution in [3.63, 3.8) is 0 Å². The van der Waals surface area contributed by atoms with Gasteiger partial charge in [0.2, 0.25) is 11.8 Å². The van der Waals surface area contributed by atoms with Gasteiger partial charge in [0, 0.05) is 17.1 Å². The van der Waals surface area contributed by atoms with E-state index in [9.17, 15) is 28.0 Å². The maximum atomic E-state index is 13.2. The van der Waals surface area contributed by atoms with Gasteiger partial charge in [-0.1, -0.05) is 17.8 Å². The summed E-state index contributed by atoms with van der Waals surface area (Å²) >= 11 is 2.25. The number of thioether (sulfide) groups is 1. The molecule has 0 spiro atoms. The predicted molar refractivity (Wildman–Crippen MR) is 108 cm³/mol. The monoisotopic (exact) mass is 456 g/mol. The average Bonchev–Trinajstić information content (AvgIpc) is 3.21. The first kappa shape index (κ1) is 23.7. The minimum atomic E-state index is -4.70. The maximum absolute atomic E-state index is 13.2. The molecule has 2 heterocycles. The van der Waals surface area contributed by atoms with E-state index in [1.807, 2.05) is 17.5 Å². The molecule has 0 saturated heterocycles. The van der Waals surface area contributed by atoms with E-state index in [0.29, 0.717) is 6.54 Å². The number of amides is 2. The fraction of sp³-hybridized carbons (Fsp3) is 0.368. The molecule has 0 unspecified atom stereocenters. The van der Waals surface area contributed by atoms with Gasteiger partial charge in [0.1, 0.15) is 11.1 Å². The lowest BCUT2D eigenvalue weighted by Crippen LogP contribution is -2.41. The number of aromatic nitrogens is 1. The average molecular weight is 457 g/mol. The Kier molecular flexibility index (Phi) is 8.25. The molecule has 0 aliphatic heterocycles. The van der Waals surface area contributed by atoms with E-state index in [1.165, 1.54) is 29.2 Å². The minimum absolute atomic E-state index is 0.0941. The van der Waals surface area contributed by atoms with Crippen LogP contribution in [0.2, 0.25) is 0 Å². The highest BCUT2D eigenvalue weighted by molar-refractivity contribution is 8.00. The number of aryl methyl sites for hydroxylation is 1. The van der Waals surface area contributed by atoms with E-state index in [-0.39, 0.29) is 35.5 Å². The highest BCUT2D eigenvalue weighted by atomic mass is 32.2. The van der Waals surface area contributed by atoms with Crippen molar-refractivity contribution in [2.45, 2.75) is 31.6 Å². The molecule has 2 aromatic heterocycles. The molecular formula is C19H19F3N4O2S2. The summed E-state index contributed by atoms with van der Waals surface area (Å²) in [6.45, 7) is 3.53.